The lowest BCUT2D eigenvalue weighted by Gasteiger charge is -2.42. The third-order valence-corrected chi connectivity index (χ3v) is 4.51. The van der Waals surface area contributed by atoms with E-state index in [4.69, 9.17) is 11.6 Å². The topological polar surface area (TPSA) is 43.8 Å². The van der Waals surface area contributed by atoms with Crippen LogP contribution in [0.15, 0.2) is 18.2 Å². The van der Waals surface area contributed by atoms with Gasteiger partial charge in [0.1, 0.15) is 11.9 Å². The molecule has 1 fully saturated rings. The average molecular weight is 329 g/mol. The molecule has 4 nitrogen and oxygen atoms in total. The van der Waals surface area contributed by atoms with Crippen LogP contribution in [0.4, 0.5) is 4.39 Å². The molecule has 2 unspecified atom stereocenters. The van der Waals surface area contributed by atoms with Crippen molar-refractivity contribution < 1.29 is 14.3 Å². The molecular weight excluding hydrogens is 307 g/mol. The van der Waals surface area contributed by atoms with Crippen molar-refractivity contribution in [2.75, 3.05) is 26.2 Å². The first-order valence-corrected chi connectivity index (χ1v) is 7.98. The molecule has 0 amide bonds. The van der Waals surface area contributed by atoms with E-state index < -0.39 is 17.8 Å². The molecule has 1 heterocycles. The van der Waals surface area contributed by atoms with E-state index in [0.717, 1.165) is 19.5 Å². The number of rotatable bonds is 5. The van der Waals surface area contributed by atoms with Crippen LogP contribution >= 0.6 is 11.6 Å². The Morgan fingerprint density at radius 1 is 1.50 bits per heavy atom. The van der Waals surface area contributed by atoms with Gasteiger partial charge in [-0.05, 0) is 32.0 Å². The van der Waals surface area contributed by atoms with Crippen molar-refractivity contribution >= 4 is 17.6 Å². The first kappa shape index (κ1) is 17.2. The zero-order chi connectivity index (χ0) is 16.3. The summed E-state index contributed by atoms with van der Waals surface area (Å²) in [6.45, 7) is 7.15. The molecule has 1 saturated heterocycles. The Hall–Kier alpha value is -1.17. The van der Waals surface area contributed by atoms with Crippen molar-refractivity contribution in [2.45, 2.75) is 32.4 Å². The fourth-order valence-corrected chi connectivity index (χ4v) is 3.38. The molecule has 0 aliphatic carbocycles. The molecule has 22 heavy (non-hydrogen) atoms. The molecule has 0 radical (unpaired) electrons. The average Bonchev–Trinajstić information content (AvgIpc) is 2.45. The molecule has 6 heteroatoms. The van der Waals surface area contributed by atoms with E-state index in [0.29, 0.717) is 13.1 Å². The zero-order valence-electron chi connectivity index (χ0n) is 12.9. The van der Waals surface area contributed by atoms with Crippen LogP contribution in [0.3, 0.4) is 0 Å². The van der Waals surface area contributed by atoms with Gasteiger partial charge in [-0.15, -0.1) is 0 Å². The van der Waals surface area contributed by atoms with Gasteiger partial charge in [-0.25, -0.2) is 4.39 Å². The van der Waals surface area contributed by atoms with Crippen molar-refractivity contribution in [3.63, 3.8) is 0 Å². The Balaban J connectivity index is 2.25. The second-order valence-electron chi connectivity index (χ2n) is 5.76. The van der Waals surface area contributed by atoms with Gasteiger partial charge in [0.25, 0.3) is 0 Å². The maximum Gasteiger partial charge on any atom is 0.325 e. The van der Waals surface area contributed by atoms with Crippen molar-refractivity contribution in [1.29, 1.82) is 0 Å². The Kier molecular flexibility index (Phi) is 5.78. The normalized spacial score (nSPS) is 21.7. The Morgan fingerprint density at radius 3 is 2.77 bits per heavy atom. The number of carboxylic acids is 1. The van der Waals surface area contributed by atoms with Gasteiger partial charge in [-0.1, -0.05) is 24.6 Å². The summed E-state index contributed by atoms with van der Waals surface area (Å²) in [5.41, 5.74) is 0.0628. The minimum atomic E-state index is -1.07. The monoisotopic (exact) mass is 328 g/mol. The van der Waals surface area contributed by atoms with E-state index in [1.807, 2.05) is 4.90 Å². The number of hydrogen-bond acceptors (Lipinski definition) is 3. The summed E-state index contributed by atoms with van der Waals surface area (Å²) in [6.07, 6.45) is 1.06. The van der Waals surface area contributed by atoms with Crippen molar-refractivity contribution in [1.82, 2.24) is 9.80 Å². The van der Waals surface area contributed by atoms with Crippen LogP contribution in [0, 0.1) is 5.82 Å². The maximum absolute atomic E-state index is 14.1. The van der Waals surface area contributed by atoms with Gasteiger partial charge in [0.05, 0.1) is 0 Å². The van der Waals surface area contributed by atoms with Gasteiger partial charge in [-0.2, -0.15) is 0 Å². The summed E-state index contributed by atoms with van der Waals surface area (Å²) in [7, 11) is 0. The maximum atomic E-state index is 14.1. The van der Waals surface area contributed by atoms with E-state index in [1.54, 1.807) is 0 Å². The molecule has 0 spiro atoms. The van der Waals surface area contributed by atoms with E-state index in [1.165, 1.54) is 18.2 Å². The largest absolute Gasteiger partial charge is 0.480 e. The highest BCUT2D eigenvalue weighted by Gasteiger charge is 2.35. The lowest BCUT2D eigenvalue weighted by molar-refractivity contribution is -0.145. The van der Waals surface area contributed by atoms with Crippen LogP contribution in [0.2, 0.25) is 5.02 Å². The number of carboxylic acid groups (broad SMARTS) is 1. The third kappa shape index (κ3) is 3.59. The van der Waals surface area contributed by atoms with Gasteiger partial charge in [0, 0.05) is 36.3 Å². The number of benzene rings is 1. The summed E-state index contributed by atoms with van der Waals surface area (Å²) >= 11 is 6.06. The number of halogens is 2. The fraction of sp³-hybridized carbons (Fsp3) is 0.562. The summed E-state index contributed by atoms with van der Waals surface area (Å²) < 4.78 is 14.1. The quantitative estimate of drug-likeness (QED) is 0.902. The molecule has 0 bridgehead atoms. The van der Waals surface area contributed by atoms with Crippen molar-refractivity contribution in [3.8, 4) is 0 Å². The minimum absolute atomic E-state index is 0.0628. The van der Waals surface area contributed by atoms with Crippen LogP contribution in [0.1, 0.15) is 31.9 Å². The molecule has 2 atom stereocenters. The molecule has 2 rings (SSSR count). The molecule has 1 aromatic rings. The van der Waals surface area contributed by atoms with E-state index >= 15 is 0 Å². The summed E-state index contributed by atoms with van der Waals surface area (Å²) in [4.78, 5) is 15.9. The second kappa shape index (κ2) is 7.40. The summed E-state index contributed by atoms with van der Waals surface area (Å²) in [6, 6.07) is 3.48. The van der Waals surface area contributed by atoms with Gasteiger partial charge in [0.2, 0.25) is 0 Å². The number of hydrogen-bond donors (Lipinski definition) is 1. The number of nitrogens with zero attached hydrogens (tertiary/aromatic N) is 2. The number of piperazine rings is 1. The van der Waals surface area contributed by atoms with Crippen LogP contribution in [0.5, 0.6) is 0 Å². The number of aliphatic carboxylic acids is 1. The Morgan fingerprint density at radius 2 is 2.23 bits per heavy atom. The van der Waals surface area contributed by atoms with Crippen LogP contribution in [-0.4, -0.2) is 53.1 Å². The standard InChI is InChI=1S/C16H22ClFN2O2/c1-3-7-19-8-9-20(10-11(19)2)15(16(21)22)14-12(17)5-4-6-13(14)18/h4-6,11,15H,3,7-10H2,1-2H3,(H,21,22). The molecule has 0 aromatic heterocycles. The summed E-state index contributed by atoms with van der Waals surface area (Å²) in [5.74, 6) is -1.63. The lowest BCUT2D eigenvalue weighted by atomic mass is 10.0. The first-order chi connectivity index (χ1) is 10.5. The van der Waals surface area contributed by atoms with Gasteiger partial charge < -0.3 is 5.11 Å². The highest BCUT2D eigenvalue weighted by Crippen LogP contribution is 2.31. The smallest absolute Gasteiger partial charge is 0.325 e. The highest BCUT2D eigenvalue weighted by atomic mass is 35.5. The van der Waals surface area contributed by atoms with E-state index in [2.05, 4.69) is 18.7 Å². The highest BCUT2D eigenvalue weighted by molar-refractivity contribution is 6.31. The molecule has 122 valence electrons. The molecule has 1 N–H and O–H groups in total. The predicted octanol–water partition coefficient (Wildman–Crippen LogP) is 3.02. The summed E-state index contributed by atoms with van der Waals surface area (Å²) in [5, 5.41) is 9.77. The molecule has 1 aliphatic heterocycles. The predicted molar refractivity (Wildman–Crippen MR) is 84.7 cm³/mol. The SMILES string of the molecule is CCCN1CCN(C(C(=O)O)c2c(F)cccc2Cl)CC1C. The number of carbonyl (C=O) groups is 1. The van der Waals surface area contributed by atoms with E-state index in [-0.39, 0.29) is 16.6 Å². The van der Waals surface area contributed by atoms with Crippen LogP contribution < -0.4 is 0 Å². The van der Waals surface area contributed by atoms with Crippen molar-refractivity contribution in [3.05, 3.63) is 34.6 Å². The van der Waals surface area contributed by atoms with Gasteiger partial charge in [-0.3, -0.25) is 14.6 Å². The molecular formula is C16H22ClFN2O2. The lowest BCUT2D eigenvalue weighted by Crippen LogP contribution is -2.54. The minimum Gasteiger partial charge on any atom is -0.480 e. The fourth-order valence-electron chi connectivity index (χ4n) is 3.11. The first-order valence-electron chi connectivity index (χ1n) is 7.60. The molecule has 1 aliphatic rings. The zero-order valence-corrected chi connectivity index (χ0v) is 13.7. The second-order valence-corrected chi connectivity index (χ2v) is 6.16. The Bertz CT molecular complexity index is 521. The molecule has 1 aromatic carbocycles. The van der Waals surface area contributed by atoms with Gasteiger partial charge >= 0.3 is 5.97 Å². The Labute approximate surface area is 135 Å². The van der Waals surface area contributed by atoms with Gasteiger partial charge in [0.15, 0.2) is 0 Å². The van der Waals surface area contributed by atoms with Crippen LogP contribution in [-0.2, 0) is 4.79 Å². The van der Waals surface area contributed by atoms with Crippen molar-refractivity contribution in [2.24, 2.45) is 0 Å². The third-order valence-electron chi connectivity index (χ3n) is 4.18. The molecule has 0 saturated carbocycles. The van der Waals surface area contributed by atoms with E-state index in [9.17, 15) is 14.3 Å². The van der Waals surface area contributed by atoms with Crippen LogP contribution in [0.25, 0.3) is 0 Å².